The SMILES string of the molecule is CC1=CC[C@@]2(C(C)C)O[C@H]2C1. The summed E-state index contributed by atoms with van der Waals surface area (Å²) in [5.74, 6) is 0.678. The van der Waals surface area contributed by atoms with Crippen LogP contribution in [-0.2, 0) is 4.74 Å². The van der Waals surface area contributed by atoms with Gasteiger partial charge < -0.3 is 4.74 Å². The minimum atomic E-state index is 0.250. The highest BCUT2D eigenvalue weighted by atomic mass is 16.6. The molecule has 0 radical (unpaired) electrons. The first-order valence-electron chi connectivity index (χ1n) is 4.48. The van der Waals surface area contributed by atoms with Crippen molar-refractivity contribution in [3.05, 3.63) is 11.6 Å². The van der Waals surface area contributed by atoms with Gasteiger partial charge in [-0.15, -0.1) is 0 Å². The number of hydrogen-bond acceptors (Lipinski definition) is 1. The van der Waals surface area contributed by atoms with Crippen LogP contribution in [0.25, 0.3) is 0 Å². The van der Waals surface area contributed by atoms with Crippen molar-refractivity contribution in [2.45, 2.75) is 45.3 Å². The number of rotatable bonds is 1. The Morgan fingerprint density at radius 1 is 1.64 bits per heavy atom. The zero-order chi connectivity index (χ0) is 8.06. The van der Waals surface area contributed by atoms with Gasteiger partial charge in [0, 0.05) is 0 Å². The number of ether oxygens (including phenoxy) is 1. The van der Waals surface area contributed by atoms with E-state index in [9.17, 15) is 0 Å². The Labute approximate surface area is 68.4 Å². The van der Waals surface area contributed by atoms with E-state index in [1.807, 2.05) is 0 Å². The first-order chi connectivity index (χ1) is 5.15. The van der Waals surface area contributed by atoms with E-state index in [-0.39, 0.29) is 5.60 Å². The van der Waals surface area contributed by atoms with Crippen LogP contribution in [0.3, 0.4) is 0 Å². The van der Waals surface area contributed by atoms with Gasteiger partial charge in [-0.05, 0) is 25.7 Å². The van der Waals surface area contributed by atoms with Crippen LogP contribution < -0.4 is 0 Å². The normalized spacial score (nSPS) is 41.8. The second-order valence-electron chi connectivity index (χ2n) is 4.17. The van der Waals surface area contributed by atoms with Gasteiger partial charge in [-0.1, -0.05) is 25.5 Å². The molecule has 2 rings (SSSR count). The molecule has 1 saturated heterocycles. The number of epoxide rings is 1. The highest BCUT2D eigenvalue weighted by Crippen LogP contribution is 2.51. The van der Waals surface area contributed by atoms with Crippen molar-refractivity contribution in [2.75, 3.05) is 0 Å². The Balaban J connectivity index is 2.13. The molecule has 2 atom stereocenters. The molecule has 11 heavy (non-hydrogen) atoms. The minimum absolute atomic E-state index is 0.250. The molecule has 0 amide bonds. The van der Waals surface area contributed by atoms with Crippen LogP contribution >= 0.6 is 0 Å². The topological polar surface area (TPSA) is 12.5 Å². The first-order valence-corrected chi connectivity index (χ1v) is 4.48. The molecule has 0 unspecified atom stereocenters. The summed E-state index contributed by atoms with van der Waals surface area (Å²) >= 11 is 0. The quantitative estimate of drug-likeness (QED) is 0.415. The van der Waals surface area contributed by atoms with Crippen molar-refractivity contribution in [3.63, 3.8) is 0 Å². The fourth-order valence-electron chi connectivity index (χ4n) is 2.08. The van der Waals surface area contributed by atoms with Gasteiger partial charge in [-0.3, -0.25) is 0 Å². The fourth-order valence-corrected chi connectivity index (χ4v) is 2.08. The maximum atomic E-state index is 5.75. The zero-order valence-corrected chi connectivity index (χ0v) is 7.55. The Hall–Kier alpha value is -0.300. The molecule has 1 fully saturated rings. The van der Waals surface area contributed by atoms with Gasteiger partial charge >= 0.3 is 0 Å². The lowest BCUT2D eigenvalue weighted by atomic mass is 9.82. The Morgan fingerprint density at radius 3 is 2.91 bits per heavy atom. The third kappa shape index (κ3) is 0.943. The Bertz CT molecular complexity index is 205. The first kappa shape index (κ1) is 7.35. The fraction of sp³-hybridized carbons (Fsp3) is 0.800. The summed E-state index contributed by atoms with van der Waals surface area (Å²) in [6, 6.07) is 0. The summed E-state index contributed by atoms with van der Waals surface area (Å²) in [6.45, 7) is 6.72. The molecule has 62 valence electrons. The summed E-state index contributed by atoms with van der Waals surface area (Å²) in [4.78, 5) is 0. The van der Waals surface area contributed by atoms with Crippen LogP contribution in [0.5, 0.6) is 0 Å². The number of hydrogen-bond donors (Lipinski definition) is 0. The van der Waals surface area contributed by atoms with E-state index in [1.54, 1.807) is 0 Å². The molecule has 0 bridgehead atoms. The standard InChI is InChI=1S/C10H16O/c1-7(2)10-5-4-8(3)6-9(10)11-10/h4,7,9H,5-6H2,1-3H3/t9-,10-/m0/s1. The zero-order valence-electron chi connectivity index (χ0n) is 7.55. The Kier molecular flexibility index (Phi) is 1.40. The van der Waals surface area contributed by atoms with Crippen LogP contribution in [0.1, 0.15) is 33.6 Å². The van der Waals surface area contributed by atoms with Crippen LogP contribution in [0.2, 0.25) is 0 Å². The van der Waals surface area contributed by atoms with Gasteiger partial charge in [0.05, 0.1) is 6.10 Å². The van der Waals surface area contributed by atoms with Crippen molar-refractivity contribution >= 4 is 0 Å². The van der Waals surface area contributed by atoms with Gasteiger partial charge in [-0.2, -0.15) is 0 Å². The van der Waals surface area contributed by atoms with E-state index < -0.39 is 0 Å². The van der Waals surface area contributed by atoms with E-state index in [1.165, 1.54) is 5.57 Å². The van der Waals surface area contributed by atoms with E-state index in [0.29, 0.717) is 12.0 Å². The van der Waals surface area contributed by atoms with Crippen LogP contribution in [0, 0.1) is 5.92 Å². The van der Waals surface area contributed by atoms with Gasteiger partial charge in [0.25, 0.3) is 0 Å². The van der Waals surface area contributed by atoms with Gasteiger partial charge in [0.1, 0.15) is 5.60 Å². The van der Waals surface area contributed by atoms with Crippen molar-refractivity contribution in [2.24, 2.45) is 5.92 Å². The van der Waals surface area contributed by atoms with Gasteiger partial charge in [0.15, 0.2) is 0 Å². The third-order valence-corrected chi connectivity index (χ3v) is 3.10. The lowest BCUT2D eigenvalue weighted by Crippen LogP contribution is -2.24. The number of fused-ring (bicyclic) bond motifs is 1. The van der Waals surface area contributed by atoms with Gasteiger partial charge in [-0.25, -0.2) is 0 Å². The van der Waals surface area contributed by atoms with E-state index >= 15 is 0 Å². The average molecular weight is 152 g/mol. The van der Waals surface area contributed by atoms with Crippen molar-refractivity contribution in [1.29, 1.82) is 0 Å². The molecule has 2 aliphatic rings. The summed E-state index contributed by atoms with van der Waals surface area (Å²) in [7, 11) is 0. The molecule has 0 aromatic heterocycles. The van der Waals surface area contributed by atoms with Crippen molar-refractivity contribution in [1.82, 2.24) is 0 Å². The van der Waals surface area contributed by atoms with E-state index in [4.69, 9.17) is 4.74 Å². The van der Waals surface area contributed by atoms with Crippen LogP contribution in [0.15, 0.2) is 11.6 Å². The molecule has 0 N–H and O–H groups in total. The van der Waals surface area contributed by atoms with Crippen LogP contribution in [-0.4, -0.2) is 11.7 Å². The summed E-state index contributed by atoms with van der Waals surface area (Å²) in [6.07, 6.45) is 5.19. The predicted octanol–water partition coefficient (Wildman–Crippen LogP) is 2.52. The molecule has 1 aliphatic heterocycles. The molecule has 0 aromatic carbocycles. The molecule has 1 heteroatoms. The molecule has 0 aromatic rings. The molecule has 1 aliphatic carbocycles. The molecule has 0 saturated carbocycles. The second kappa shape index (κ2) is 2.10. The van der Waals surface area contributed by atoms with Crippen LogP contribution in [0.4, 0.5) is 0 Å². The summed E-state index contributed by atoms with van der Waals surface area (Å²) in [5, 5.41) is 0. The molecule has 1 heterocycles. The maximum Gasteiger partial charge on any atom is 0.101 e. The van der Waals surface area contributed by atoms with Crippen molar-refractivity contribution < 1.29 is 4.74 Å². The monoisotopic (exact) mass is 152 g/mol. The van der Waals surface area contributed by atoms with E-state index in [2.05, 4.69) is 26.8 Å². The average Bonchev–Trinajstić information content (AvgIpc) is 2.62. The van der Waals surface area contributed by atoms with Crippen molar-refractivity contribution in [3.8, 4) is 0 Å². The smallest absolute Gasteiger partial charge is 0.101 e. The second-order valence-corrected chi connectivity index (χ2v) is 4.17. The third-order valence-electron chi connectivity index (χ3n) is 3.10. The lowest BCUT2D eigenvalue weighted by molar-refractivity contribution is 0.239. The highest BCUT2D eigenvalue weighted by molar-refractivity contribution is 5.20. The summed E-state index contributed by atoms with van der Waals surface area (Å²) < 4.78 is 5.75. The predicted molar refractivity (Wildman–Crippen MR) is 45.4 cm³/mol. The molecule has 0 spiro atoms. The molecule has 1 nitrogen and oxygen atoms in total. The molecular formula is C10H16O. The molecular weight excluding hydrogens is 136 g/mol. The Morgan fingerprint density at radius 2 is 2.36 bits per heavy atom. The highest BCUT2D eigenvalue weighted by Gasteiger charge is 2.58. The van der Waals surface area contributed by atoms with Gasteiger partial charge in [0.2, 0.25) is 0 Å². The van der Waals surface area contributed by atoms with E-state index in [0.717, 1.165) is 12.8 Å². The maximum absolute atomic E-state index is 5.75. The minimum Gasteiger partial charge on any atom is -0.365 e. The lowest BCUT2D eigenvalue weighted by Gasteiger charge is -2.18. The largest absolute Gasteiger partial charge is 0.365 e. The summed E-state index contributed by atoms with van der Waals surface area (Å²) in [5.41, 5.74) is 1.75.